The summed E-state index contributed by atoms with van der Waals surface area (Å²) in [6.45, 7) is 3.22. The molecule has 21 heavy (non-hydrogen) atoms. The summed E-state index contributed by atoms with van der Waals surface area (Å²) in [7, 11) is 0. The molecule has 116 valence electrons. The first kappa shape index (κ1) is 15.0. The van der Waals surface area contributed by atoms with Crippen LogP contribution in [0.25, 0.3) is 0 Å². The van der Waals surface area contributed by atoms with E-state index in [1.807, 2.05) is 4.90 Å². The van der Waals surface area contributed by atoms with Crippen molar-refractivity contribution in [3.05, 3.63) is 28.8 Å². The van der Waals surface area contributed by atoms with Crippen LogP contribution in [0.2, 0.25) is 5.02 Å². The maximum atomic E-state index is 13.2. The van der Waals surface area contributed by atoms with Gasteiger partial charge in [0, 0.05) is 36.4 Å². The minimum absolute atomic E-state index is 0.127. The average Bonchev–Trinajstić information content (AvgIpc) is 2.46. The lowest BCUT2D eigenvalue weighted by molar-refractivity contribution is -0.137. The topological polar surface area (TPSA) is 6.48 Å². The number of hydrogen-bond donors (Lipinski definition) is 0. The van der Waals surface area contributed by atoms with E-state index in [-0.39, 0.29) is 10.7 Å². The van der Waals surface area contributed by atoms with E-state index in [4.69, 9.17) is 11.6 Å². The molecule has 0 bridgehead atoms. The third kappa shape index (κ3) is 3.14. The fourth-order valence-corrected chi connectivity index (χ4v) is 3.56. The molecular weight excluding hydrogens is 301 g/mol. The quantitative estimate of drug-likeness (QED) is 0.771. The van der Waals surface area contributed by atoms with Gasteiger partial charge in [-0.15, -0.1) is 0 Å². The van der Waals surface area contributed by atoms with Crippen molar-refractivity contribution in [2.75, 3.05) is 31.1 Å². The van der Waals surface area contributed by atoms with Crippen LogP contribution in [-0.4, -0.2) is 37.1 Å². The van der Waals surface area contributed by atoms with Gasteiger partial charge in [-0.1, -0.05) is 18.0 Å². The summed E-state index contributed by atoms with van der Waals surface area (Å²) in [4.78, 5) is 4.27. The predicted molar refractivity (Wildman–Crippen MR) is 77.9 cm³/mol. The third-order valence-corrected chi connectivity index (χ3v) is 4.68. The molecule has 0 amide bonds. The van der Waals surface area contributed by atoms with Crippen LogP contribution < -0.4 is 4.90 Å². The molecule has 1 atom stereocenters. The zero-order chi connectivity index (χ0) is 15.0. The van der Waals surface area contributed by atoms with Crippen molar-refractivity contribution in [3.8, 4) is 0 Å². The van der Waals surface area contributed by atoms with Crippen molar-refractivity contribution < 1.29 is 13.2 Å². The van der Waals surface area contributed by atoms with Gasteiger partial charge in [-0.25, -0.2) is 0 Å². The summed E-state index contributed by atoms with van der Waals surface area (Å²) in [5, 5.41) is 0.127. The van der Waals surface area contributed by atoms with Gasteiger partial charge >= 0.3 is 6.18 Å². The van der Waals surface area contributed by atoms with E-state index in [0.29, 0.717) is 19.1 Å². The van der Waals surface area contributed by atoms with Crippen molar-refractivity contribution in [2.45, 2.75) is 31.5 Å². The molecule has 0 saturated carbocycles. The Morgan fingerprint density at radius 3 is 2.67 bits per heavy atom. The van der Waals surface area contributed by atoms with Gasteiger partial charge in [0.25, 0.3) is 0 Å². The number of nitrogens with zero attached hydrogens (tertiary/aromatic N) is 2. The van der Waals surface area contributed by atoms with Crippen LogP contribution in [-0.2, 0) is 6.18 Å². The Balaban J connectivity index is 1.87. The first-order valence-corrected chi connectivity index (χ1v) is 7.69. The smallest absolute Gasteiger partial charge is 0.368 e. The lowest BCUT2D eigenvalue weighted by Crippen LogP contribution is -2.55. The highest BCUT2D eigenvalue weighted by molar-refractivity contribution is 6.30. The second-order valence-electron chi connectivity index (χ2n) is 5.79. The first-order chi connectivity index (χ1) is 9.95. The Kier molecular flexibility index (Phi) is 4.06. The van der Waals surface area contributed by atoms with E-state index in [1.165, 1.54) is 18.9 Å². The SMILES string of the molecule is FC(F)(F)c1cc(Cl)ccc1N1CCN2CCCCC2C1. The molecule has 0 radical (unpaired) electrons. The van der Waals surface area contributed by atoms with Crippen molar-refractivity contribution >= 4 is 17.3 Å². The summed E-state index contributed by atoms with van der Waals surface area (Å²) in [6, 6.07) is 4.46. The van der Waals surface area contributed by atoms with Crippen LogP contribution in [0.3, 0.4) is 0 Å². The molecule has 2 heterocycles. The summed E-state index contributed by atoms with van der Waals surface area (Å²) in [5.74, 6) is 0. The fourth-order valence-electron chi connectivity index (χ4n) is 3.39. The summed E-state index contributed by atoms with van der Waals surface area (Å²) >= 11 is 5.75. The van der Waals surface area contributed by atoms with E-state index in [1.54, 1.807) is 6.07 Å². The van der Waals surface area contributed by atoms with Crippen LogP contribution in [0.5, 0.6) is 0 Å². The van der Waals surface area contributed by atoms with E-state index >= 15 is 0 Å². The molecule has 6 heteroatoms. The first-order valence-electron chi connectivity index (χ1n) is 7.31. The highest BCUT2D eigenvalue weighted by atomic mass is 35.5. The fraction of sp³-hybridized carbons (Fsp3) is 0.600. The number of benzene rings is 1. The Hall–Kier alpha value is -0.940. The lowest BCUT2D eigenvalue weighted by atomic mass is 9.98. The zero-order valence-electron chi connectivity index (χ0n) is 11.7. The van der Waals surface area contributed by atoms with Crippen LogP contribution in [0.4, 0.5) is 18.9 Å². The maximum Gasteiger partial charge on any atom is 0.418 e. The molecule has 1 aromatic rings. The molecule has 2 saturated heterocycles. The molecule has 0 aromatic heterocycles. The standard InChI is InChI=1S/C15H18ClF3N2/c16-11-4-5-14(13(9-11)15(17,18)19)21-8-7-20-6-2-1-3-12(20)10-21/h4-5,9,12H,1-3,6-8,10H2. The van der Waals surface area contributed by atoms with Gasteiger partial charge in [-0.2, -0.15) is 13.2 Å². The van der Waals surface area contributed by atoms with Gasteiger partial charge in [-0.05, 0) is 37.6 Å². The van der Waals surface area contributed by atoms with E-state index in [0.717, 1.165) is 25.6 Å². The number of anilines is 1. The second-order valence-corrected chi connectivity index (χ2v) is 6.23. The number of halogens is 4. The molecule has 3 rings (SSSR count). The van der Waals surface area contributed by atoms with Gasteiger partial charge in [-0.3, -0.25) is 4.90 Å². The minimum atomic E-state index is -4.37. The van der Waals surface area contributed by atoms with Crippen molar-refractivity contribution in [2.24, 2.45) is 0 Å². The van der Waals surface area contributed by atoms with Gasteiger partial charge < -0.3 is 4.90 Å². The van der Waals surface area contributed by atoms with Crippen molar-refractivity contribution in [3.63, 3.8) is 0 Å². The highest BCUT2D eigenvalue weighted by Crippen LogP contribution is 2.39. The molecule has 2 nitrogen and oxygen atoms in total. The number of piperazine rings is 1. The summed E-state index contributed by atoms with van der Waals surface area (Å²) < 4.78 is 39.7. The van der Waals surface area contributed by atoms with Crippen LogP contribution in [0.15, 0.2) is 18.2 Å². The molecule has 2 aliphatic rings. The van der Waals surface area contributed by atoms with Crippen molar-refractivity contribution in [1.29, 1.82) is 0 Å². The van der Waals surface area contributed by atoms with Crippen molar-refractivity contribution in [1.82, 2.24) is 4.90 Å². The Bertz CT molecular complexity index is 518. The second kappa shape index (κ2) is 5.69. The Morgan fingerprint density at radius 2 is 1.90 bits per heavy atom. The van der Waals surface area contributed by atoms with Crippen LogP contribution in [0, 0.1) is 0 Å². The summed E-state index contributed by atoms with van der Waals surface area (Å²) in [5.41, 5.74) is -0.364. The molecule has 1 unspecified atom stereocenters. The number of hydrogen-bond acceptors (Lipinski definition) is 2. The van der Waals surface area contributed by atoms with E-state index in [2.05, 4.69) is 4.90 Å². The average molecular weight is 319 g/mol. The van der Waals surface area contributed by atoms with Crippen LogP contribution in [0.1, 0.15) is 24.8 Å². The Morgan fingerprint density at radius 1 is 1.10 bits per heavy atom. The van der Waals surface area contributed by atoms with Crippen LogP contribution >= 0.6 is 11.6 Å². The Labute approximate surface area is 127 Å². The molecule has 1 aromatic carbocycles. The maximum absolute atomic E-state index is 13.2. The summed E-state index contributed by atoms with van der Waals surface area (Å²) in [6.07, 6.45) is -0.928. The lowest BCUT2D eigenvalue weighted by Gasteiger charge is -2.45. The molecule has 0 N–H and O–H groups in total. The number of piperidine rings is 1. The minimum Gasteiger partial charge on any atom is -0.368 e. The normalized spacial score (nSPS) is 24.0. The molecule has 2 aliphatic heterocycles. The predicted octanol–water partition coefficient (Wildman–Crippen LogP) is 4.03. The monoisotopic (exact) mass is 318 g/mol. The van der Waals surface area contributed by atoms with Gasteiger partial charge in [0.1, 0.15) is 0 Å². The number of fused-ring (bicyclic) bond motifs is 1. The van der Waals surface area contributed by atoms with E-state index in [9.17, 15) is 13.2 Å². The zero-order valence-corrected chi connectivity index (χ0v) is 12.4. The van der Waals surface area contributed by atoms with Gasteiger partial charge in [0.05, 0.1) is 5.56 Å². The highest BCUT2D eigenvalue weighted by Gasteiger charge is 2.37. The van der Waals surface area contributed by atoms with Gasteiger partial charge in [0.2, 0.25) is 0 Å². The molecule has 0 spiro atoms. The molecular formula is C15H18ClF3N2. The third-order valence-electron chi connectivity index (χ3n) is 4.44. The number of rotatable bonds is 1. The number of alkyl halides is 3. The largest absolute Gasteiger partial charge is 0.418 e. The molecule has 0 aliphatic carbocycles. The van der Waals surface area contributed by atoms with E-state index < -0.39 is 11.7 Å². The van der Waals surface area contributed by atoms with Gasteiger partial charge in [0.15, 0.2) is 0 Å². The molecule has 2 fully saturated rings.